The van der Waals surface area contributed by atoms with Gasteiger partial charge in [-0.2, -0.15) is 5.10 Å². The molecule has 124 valence electrons. The quantitative estimate of drug-likeness (QED) is 0.732. The van der Waals surface area contributed by atoms with E-state index in [1.165, 1.54) is 12.0 Å². The fourth-order valence-electron chi connectivity index (χ4n) is 3.50. The third kappa shape index (κ3) is 2.84. The minimum atomic E-state index is 0.633. The van der Waals surface area contributed by atoms with E-state index in [9.17, 15) is 0 Å². The van der Waals surface area contributed by atoms with Crippen LogP contribution in [0.2, 0.25) is 5.02 Å². The molecule has 0 aliphatic carbocycles. The van der Waals surface area contributed by atoms with E-state index in [-0.39, 0.29) is 0 Å². The zero-order valence-corrected chi connectivity index (χ0v) is 14.7. The lowest BCUT2D eigenvalue weighted by Crippen LogP contribution is -2.22. The largest absolute Gasteiger partial charge is 0.356 e. The van der Waals surface area contributed by atoms with Crippen LogP contribution in [0.5, 0.6) is 0 Å². The van der Waals surface area contributed by atoms with Crippen LogP contribution in [0.25, 0.3) is 11.0 Å². The van der Waals surface area contributed by atoms with Crippen LogP contribution in [-0.4, -0.2) is 32.8 Å². The van der Waals surface area contributed by atoms with Crippen molar-refractivity contribution in [1.29, 1.82) is 0 Å². The molecular formula is C18H20ClN5. The first-order valence-electron chi connectivity index (χ1n) is 8.26. The summed E-state index contributed by atoms with van der Waals surface area (Å²) >= 11 is 5.97. The van der Waals surface area contributed by atoms with Crippen molar-refractivity contribution in [1.82, 2.24) is 19.7 Å². The molecule has 0 spiro atoms. The number of hydrogen-bond acceptors (Lipinski definition) is 4. The highest BCUT2D eigenvalue weighted by molar-refractivity contribution is 6.30. The minimum Gasteiger partial charge on any atom is -0.356 e. The van der Waals surface area contributed by atoms with Crippen LogP contribution < -0.4 is 4.90 Å². The van der Waals surface area contributed by atoms with Gasteiger partial charge in [0.25, 0.3) is 0 Å². The number of anilines is 1. The Morgan fingerprint density at radius 1 is 1.21 bits per heavy atom. The first-order valence-corrected chi connectivity index (χ1v) is 8.63. The van der Waals surface area contributed by atoms with Crippen molar-refractivity contribution in [2.45, 2.75) is 19.8 Å². The Kier molecular flexibility index (Phi) is 3.88. The molecule has 6 heteroatoms. The fourth-order valence-corrected chi connectivity index (χ4v) is 3.63. The predicted molar refractivity (Wildman–Crippen MR) is 96.5 cm³/mol. The van der Waals surface area contributed by atoms with Crippen LogP contribution in [0.4, 0.5) is 5.82 Å². The van der Waals surface area contributed by atoms with Crippen molar-refractivity contribution in [3.8, 4) is 0 Å². The smallest absolute Gasteiger partial charge is 0.163 e. The highest BCUT2D eigenvalue weighted by Crippen LogP contribution is 2.30. The summed E-state index contributed by atoms with van der Waals surface area (Å²) in [4.78, 5) is 11.6. The van der Waals surface area contributed by atoms with Gasteiger partial charge in [-0.05, 0) is 43.4 Å². The normalized spacial score (nSPS) is 17.8. The van der Waals surface area contributed by atoms with Crippen LogP contribution in [0.15, 0.2) is 30.5 Å². The van der Waals surface area contributed by atoms with Crippen molar-refractivity contribution in [2.24, 2.45) is 13.0 Å². The maximum absolute atomic E-state index is 5.97. The maximum Gasteiger partial charge on any atom is 0.163 e. The Balaban J connectivity index is 1.55. The molecule has 0 N–H and O–H groups in total. The van der Waals surface area contributed by atoms with E-state index in [0.717, 1.165) is 47.2 Å². The summed E-state index contributed by atoms with van der Waals surface area (Å²) in [6, 6.07) is 8.19. The molecule has 1 unspecified atom stereocenters. The maximum atomic E-state index is 5.97. The number of fused-ring (bicyclic) bond motifs is 1. The molecule has 1 aliphatic heterocycles. The van der Waals surface area contributed by atoms with Gasteiger partial charge in [-0.15, -0.1) is 0 Å². The summed E-state index contributed by atoms with van der Waals surface area (Å²) in [6.45, 7) is 3.99. The number of aromatic nitrogens is 4. The molecule has 0 radical (unpaired) electrons. The molecule has 0 bridgehead atoms. The number of aryl methyl sites for hydroxylation is 2. The zero-order valence-electron chi connectivity index (χ0n) is 13.9. The molecule has 3 heterocycles. The summed E-state index contributed by atoms with van der Waals surface area (Å²) in [6.07, 6.45) is 4.12. The summed E-state index contributed by atoms with van der Waals surface area (Å²) in [7, 11) is 1.92. The second-order valence-electron chi connectivity index (χ2n) is 6.53. The summed E-state index contributed by atoms with van der Waals surface area (Å²) < 4.78 is 1.81. The van der Waals surface area contributed by atoms with Gasteiger partial charge < -0.3 is 4.90 Å². The second-order valence-corrected chi connectivity index (χ2v) is 6.97. The average Bonchev–Trinajstić information content (AvgIpc) is 3.17. The highest BCUT2D eigenvalue weighted by Gasteiger charge is 2.26. The number of benzene rings is 1. The van der Waals surface area contributed by atoms with Gasteiger partial charge in [-0.1, -0.05) is 23.7 Å². The van der Waals surface area contributed by atoms with Gasteiger partial charge in [-0.25, -0.2) is 9.97 Å². The molecule has 1 aliphatic rings. The van der Waals surface area contributed by atoms with Gasteiger partial charge in [0, 0.05) is 25.2 Å². The third-order valence-corrected chi connectivity index (χ3v) is 4.96. The van der Waals surface area contributed by atoms with Crippen molar-refractivity contribution >= 4 is 28.5 Å². The van der Waals surface area contributed by atoms with E-state index >= 15 is 0 Å². The number of hydrogen-bond donors (Lipinski definition) is 0. The first kappa shape index (κ1) is 15.4. The molecule has 1 fully saturated rings. The molecule has 1 saturated heterocycles. The molecule has 2 aromatic heterocycles. The standard InChI is InChI=1S/C18H20ClN5/c1-12-21-17-16(10-20-23(17)2)18(22-12)24-8-7-14(11-24)9-13-3-5-15(19)6-4-13/h3-6,10,14H,7-9,11H2,1-2H3. The van der Waals surface area contributed by atoms with Crippen molar-refractivity contribution < 1.29 is 0 Å². The van der Waals surface area contributed by atoms with E-state index in [1.54, 1.807) is 0 Å². The van der Waals surface area contributed by atoms with Crippen molar-refractivity contribution in [3.05, 3.63) is 46.9 Å². The highest BCUT2D eigenvalue weighted by atomic mass is 35.5. The lowest BCUT2D eigenvalue weighted by Gasteiger charge is -2.18. The van der Waals surface area contributed by atoms with E-state index in [1.807, 2.05) is 37.0 Å². The number of nitrogens with zero attached hydrogens (tertiary/aromatic N) is 5. The van der Waals surface area contributed by atoms with E-state index < -0.39 is 0 Å². The predicted octanol–water partition coefficient (Wildman–Crippen LogP) is 3.39. The summed E-state index contributed by atoms with van der Waals surface area (Å²) in [5.41, 5.74) is 2.25. The van der Waals surface area contributed by atoms with Crippen LogP contribution >= 0.6 is 11.6 Å². The Labute approximate surface area is 146 Å². The molecule has 1 aromatic carbocycles. The van der Waals surface area contributed by atoms with Gasteiger partial charge in [0.15, 0.2) is 5.65 Å². The van der Waals surface area contributed by atoms with Gasteiger partial charge in [0.2, 0.25) is 0 Å². The minimum absolute atomic E-state index is 0.633. The molecule has 3 aromatic rings. The van der Waals surface area contributed by atoms with Crippen LogP contribution in [0, 0.1) is 12.8 Å². The zero-order chi connectivity index (χ0) is 16.7. The molecule has 0 amide bonds. The van der Waals surface area contributed by atoms with Crippen LogP contribution in [0.1, 0.15) is 17.8 Å². The topological polar surface area (TPSA) is 46.8 Å². The first-order chi connectivity index (χ1) is 11.6. The van der Waals surface area contributed by atoms with Gasteiger partial charge in [0.1, 0.15) is 11.6 Å². The third-order valence-electron chi connectivity index (χ3n) is 4.71. The Morgan fingerprint density at radius 2 is 2.00 bits per heavy atom. The molecule has 24 heavy (non-hydrogen) atoms. The molecule has 4 rings (SSSR count). The van der Waals surface area contributed by atoms with Gasteiger partial charge in [0.05, 0.1) is 11.6 Å². The molecular weight excluding hydrogens is 322 g/mol. The fraction of sp³-hybridized carbons (Fsp3) is 0.389. The molecule has 5 nitrogen and oxygen atoms in total. The monoisotopic (exact) mass is 341 g/mol. The van der Waals surface area contributed by atoms with Crippen LogP contribution in [0.3, 0.4) is 0 Å². The Bertz CT molecular complexity index is 871. The number of rotatable bonds is 3. The summed E-state index contributed by atoms with van der Waals surface area (Å²) in [5.74, 6) is 2.44. The molecule has 1 atom stereocenters. The van der Waals surface area contributed by atoms with Gasteiger partial charge >= 0.3 is 0 Å². The lowest BCUT2D eigenvalue weighted by atomic mass is 9.99. The molecule has 0 saturated carbocycles. The number of halogens is 1. The van der Waals surface area contributed by atoms with E-state index in [4.69, 9.17) is 16.6 Å². The van der Waals surface area contributed by atoms with Crippen molar-refractivity contribution in [2.75, 3.05) is 18.0 Å². The Hall–Kier alpha value is -2.14. The van der Waals surface area contributed by atoms with Gasteiger partial charge in [-0.3, -0.25) is 4.68 Å². The van der Waals surface area contributed by atoms with Crippen molar-refractivity contribution in [3.63, 3.8) is 0 Å². The van der Waals surface area contributed by atoms with E-state index in [2.05, 4.69) is 27.1 Å². The Morgan fingerprint density at radius 3 is 2.79 bits per heavy atom. The second kappa shape index (κ2) is 6.06. The van der Waals surface area contributed by atoms with Crippen LogP contribution in [-0.2, 0) is 13.5 Å². The average molecular weight is 342 g/mol. The summed E-state index contributed by atoms with van der Waals surface area (Å²) in [5, 5.41) is 6.17. The SMILES string of the molecule is Cc1nc(N2CCC(Cc3ccc(Cl)cc3)C2)c2cnn(C)c2n1. The lowest BCUT2D eigenvalue weighted by molar-refractivity contribution is 0.586. The van der Waals surface area contributed by atoms with E-state index in [0.29, 0.717) is 5.92 Å².